The van der Waals surface area contributed by atoms with Gasteiger partial charge in [-0.05, 0) is 55.6 Å². The van der Waals surface area contributed by atoms with E-state index in [1.165, 1.54) is 25.9 Å². The highest BCUT2D eigenvalue weighted by molar-refractivity contribution is 6.28. The molecule has 0 aromatic carbocycles. The third kappa shape index (κ3) is 4.34. The van der Waals surface area contributed by atoms with Gasteiger partial charge in [0, 0.05) is 13.1 Å². The van der Waals surface area contributed by atoms with Crippen LogP contribution in [-0.2, 0) is 6.54 Å². The average Bonchev–Trinajstić information content (AvgIpc) is 2.73. The normalized spacial score (nSPS) is 18.7. The second kappa shape index (κ2) is 6.43. The van der Waals surface area contributed by atoms with E-state index in [-0.39, 0.29) is 0 Å². The van der Waals surface area contributed by atoms with E-state index >= 15 is 0 Å². The van der Waals surface area contributed by atoms with Crippen LogP contribution in [0.15, 0.2) is 16.5 Å². The van der Waals surface area contributed by atoms with E-state index in [0.717, 1.165) is 31.3 Å². The van der Waals surface area contributed by atoms with Crippen LogP contribution in [0.4, 0.5) is 0 Å². The molecule has 0 aliphatic carbocycles. The van der Waals surface area contributed by atoms with Crippen LogP contribution in [0.3, 0.4) is 0 Å². The second-order valence-corrected chi connectivity index (χ2v) is 5.28. The first kappa shape index (κ1) is 12.9. The summed E-state index contributed by atoms with van der Waals surface area (Å²) >= 11 is 5.71. The van der Waals surface area contributed by atoms with E-state index in [0.29, 0.717) is 5.22 Å². The fourth-order valence-electron chi connectivity index (χ4n) is 2.18. The van der Waals surface area contributed by atoms with Gasteiger partial charge in [-0.25, -0.2) is 0 Å². The maximum Gasteiger partial charge on any atom is 0.193 e. The molecule has 2 rings (SSSR count). The average molecular weight is 257 g/mol. The first-order valence-electron chi connectivity index (χ1n) is 6.41. The Kier molecular flexibility index (Phi) is 4.89. The lowest BCUT2D eigenvalue weighted by Gasteiger charge is -2.30. The molecule has 1 aromatic rings. The summed E-state index contributed by atoms with van der Waals surface area (Å²) in [4.78, 5) is 2.53. The summed E-state index contributed by atoms with van der Waals surface area (Å²) in [5.41, 5.74) is 0. The van der Waals surface area contributed by atoms with Crippen molar-refractivity contribution >= 4 is 11.6 Å². The Labute approximate surface area is 108 Å². The molecule has 0 atom stereocenters. The van der Waals surface area contributed by atoms with Gasteiger partial charge in [0.05, 0.1) is 6.54 Å². The molecule has 3 nitrogen and oxygen atoms in total. The summed E-state index contributed by atoms with van der Waals surface area (Å²) < 4.78 is 5.28. The molecule has 17 heavy (non-hydrogen) atoms. The van der Waals surface area contributed by atoms with Crippen LogP contribution in [0.2, 0.25) is 5.22 Å². The summed E-state index contributed by atoms with van der Waals surface area (Å²) in [6.07, 6.45) is 2.68. The molecule has 0 spiro atoms. The van der Waals surface area contributed by atoms with Crippen molar-refractivity contribution in [1.82, 2.24) is 10.2 Å². The molecule has 96 valence electrons. The van der Waals surface area contributed by atoms with E-state index in [1.54, 1.807) is 6.07 Å². The van der Waals surface area contributed by atoms with Crippen molar-refractivity contribution in [2.45, 2.75) is 26.3 Å². The Morgan fingerprint density at radius 1 is 1.41 bits per heavy atom. The van der Waals surface area contributed by atoms with Gasteiger partial charge in [-0.3, -0.25) is 0 Å². The molecule has 0 unspecified atom stereocenters. The fraction of sp³-hybridized carbons (Fsp3) is 0.692. The number of hydrogen-bond acceptors (Lipinski definition) is 3. The lowest BCUT2D eigenvalue weighted by Crippen LogP contribution is -2.37. The Hall–Kier alpha value is -0.510. The Morgan fingerprint density at radius 3 is 2.82 bits per heavy atom. The smallest absolute Gasteiger partial charge is 0.193 e. The number of nitrogens with zero attached hydrogens (tertiary/aromatic N) is 1. The summed E-state index contributed by atoms with van der Waals surface area (Å²) in [6.45, 7) is 7.73. The number of likely N-dealkylation sites (tertiary alicyclic amines) is 1. The molecule has 0 radical (unpaired) electrons. The standard InChI is InChI=1S/C13H21ClN2O/c1-11-4-7-16(8-5-11)9-6-15-10-12-2-3-13(14)17-12/h2-3,11,15H,4-10H2,1H3. The SMILES string of the molecule is CC1CCN(CCNCc2ccc(Cl)o2)CC1. The molecular weight excluding hydrogens is 236 g/mol. The lowest BCUT2D eigenvalue weighted by atomic mass is 9.99. The number of furan rings is 1. The Morgan fingerprint density at radius 2 is 2.18 bits per heavy atom. The van der Waals surface area contributed by atoms with Crippen LogP contribution < -0.4 is 5.32 Å². The molecule has 1 aliphatic rings. The van der Waals surface area contributed by atoms with Crippen LogP contribution in [0.1, 0.15) is 25.5 Å². The first-order chi connectivity index (χ1) is 8.24. The van der Waals surface area contributed by atoms with Gasteiger partial charge >= 0.3 is 0 Å². The minimum Gasteiger partial charge on any atom is -0.448 e. The molecule has 1 aliphatic heterocycles. The monoisotopic (exact) mass is 256 g/mol. The van der Waals surface area contributed by atoms with Crippen molar-refractivity contribution in [3.8, 4) is 0 Å². The number of piperidine rings is 1. The molecule has 4 heteroatoms. The van der Waals surface area contributed by atoms with Crippen LogP contribution in [0.5, 0.6) is 0 Å². The number of nitrogens with one attached hydrogen (secondary N) is 1. The zero-order chi connectivity index (χ0) is 12.1. The van der Waals surface area contributed by atoms with Gasteiger partial charge < -0.3 is 14.6 Å². The van der Waals surface area contributed by atoms with E-state index in [9.17, 15) is 0 Å². The van der Waals surface area contributed by atoms with E-state index in [2.05, 4.69) is 17.1 Å². The van der Waals surface area contributed by atoms with Gasteiger partial charge in [0.15, 0.2) is 5.22 Å². The van der Waals surface area contributed by atoms with Crippen LogP contribution in [0, 0.1) is 5.92 Å². The van der Waals surface area contributed by atoms with Crippen LogP contribution in [-0.4, -0.2) is 31.1 Å². The van der Waals surface area contributed by atoms with Crippen molar-refractivity contribution in [2.75, 3.05) is 26.2 Å². The predicted octanol–water partition coefficient (Wildman–Crippen LogP) is 2.75. The molecular formula is C13H21ClN2O. The van der Waals surface area contributed by atoms with Crippen molar-refractivity contribution in [3.05, 3.63) is 23.1 Å². The van der Waals surface area contributed by atoms with Gasteiger partial charge in [0.2, 0.25) is 0 Å². The number of halogens is 1. The van der Waals surface area contributed by atoms with Gasteiger partial charge in [0.25, 0.3) is 0 Å². The summed E-state index contributed by atoms with van der Waals surface area (Å²) in [5.74, 6) is 1.81. The third-order valence-corrected chi connectivity index (χ3v) is 3.61. The molecule has 1 saturated heterocycles. The second-order valence-electron chi connectivity index (χ2n) is 4.91. The van der Waals surface area contributed by atoms with Gasteiger partial charge in [-0.15, -0.1) is 0 Å². The van der Waals surface area contributed by atoms with E-state index in [4.69, 9.17) is 16.0 Å². The van der Waals surface area contributed by atoms with E-state index < -0.39 is 0 Å². The van der Waals surface area contributed by atoms with Gasteiger partial charge in [-0.1, -0.05) is 6.92 Å². The lowest BCUT2D eigenvalue weighted by molar-refractivity contribution is 0.192. The van der Waals surface area contributed by atoms with Gasteiger partial charge in [-0.2, -0.15) is 0 Å². The zero-order valence-electron chi connectivity index (χ0n) is 10.4. The molecule has 0 amide bonds. The molecule has 1 fully saturated rings. The highest BCUT2D eigenvalue weighted by Gasteiger charge is 2.14. The summed E-state index contributed by atoms with van der Waals surface area (Å²) in [5, 5.41) is 3.84. The molecule has 0 saturated carbocycles. The summed E-state index contributed by atoms with van der Waals surface area (Å²) in [6, 6.07) is 3.70. The number of rotatable bonds is 5. The van der Waals surface area contributed by atoms with Crippen molar-refractivity contribution in [3.63, 3.8) is 0 Å². The molecule has 1 N–H and O–H groups in total. The van der Waals surface area contributed by atoms with E-state index in [1.807, 2.05) is 6.07 Å². The van der Waals surface area contributed by atoms with Crippen LogP contribution >= 0.6 is 11.6 Å². The summed E-state index contributed by atoms with van der Waals surface area (Å²) in [7, 11) is 0. The third-order valence-electron chi connectivity index (χ3n) is 3.41. The van der Waals surface area contributed by atoms with Crippen LogP contribution in [0.25, 0.3) is 0 Å². The largest absolute Gasteiger partial charge is 0.448 e. The zero-order valence-corrected chi connectivity index (χ0v) is 11.2. The van der Waals surface area contributed by atoms with Gasteiger partial charge in [0.1, 0.15) is 5.76 Å². The molecule has 0 bridgehead atoms. The van der Waals surface area contributed by atoms with Crippen molar-refractivity contribution < 1.29 is 4.42 Å². The maximum atomic E-state index is 5.71. The predicted molar refractivity (Wildman–Crippen MR) is 70.3 cm³/mol. The Bertz CT molecular complexity index is 332. The van der Waals surface area contributed by atoms with Crippen molar-refractivity contribution in [1.29, 1.82) is 0 Å². The van der Waals surface area contributed by atoms with Crippen molar-refractivity contribution in [2.24, 2.45) is 5.92 Å². The Balaban J connectivity index is 1.57. The minimum atomic E-state index is 0.465. The quantitative estimate of drug-likeness (QED) is 0.822. The topological polar surface area (TPSA) is 28.4 Å². The highest BCUT2D eigenvalue weighted by atomic mass is 35.5. The molecule has 2 heterocycles. The highest BCUT2D eigenvalue weighted by Crippen LogP contribution is 2.15. The maximum absolute atomic E-state index is 5.71. The first-order valence-corrected chi connectivity index (χ1v) is 6.79. The molecule has 1 aromatic heterocycles. The number of hydrogen-bond donors (Lipinski definition) is 1. The minimum absolute atomic E-state index is 0.465. The fourth-order valence-corrected chi connectivity index (χ4v) is 2.34.